The van der Waals surface area contributed by atoms with E-state index in [1.54, 1.807) is 48.2 Å². The summed E-state index contributed by atoms with van der Waals surface area (Å²) in [5.74, 6) is 1.26. The first-order valence-electron chi connectivity index (χ1n) is 10.8. The second-order valence-electron chi connectivity index (χ2n) is 8.49. The van der Waals surface area contributed by atoms with E-state index in [4.69, 9.17) is 4.74 Å². The predicted octanol–water partition coefficient (Wildman–Crippen LogP) is 4.50. The molecule has 1 aliphatic rings. The van der Waals surface area contributed by atoms with Crippen LogP contribution in [0.3, 0.4) is 0 Å². The number of carbonyl (C=O) groups excluding carboxylic acids is 1. The van der Waals surface area contributed by atoms with Crippen LogP contribution in [0.1, 0.15) is 25.0 Å². The third-order valence-electron chi connectivity index (χ3n) is 5.06. The predicted molar refractivity (Wildman–Crippen MR) is 135 cm³/mol. The van der Waals surface area contributed by atoms with Gasteiger partial charge in [-0.25, -0.2) is 8.42 Å². The highest BCUT2D eigenvalue weighted by molar-refractivity contribution is 8.01. The van der Waals surface area contributed by atoms with Crippen molar-refractivity contribution < 1.29 is 17.9 Å². The van der Waals surface area contributed by atoms with Crippen molar-refractivity contribution in [3.8, 4) is 5.75 Å². The van der Waals surface area contributed by atoms with Crippen LogP contribution in [0.2, 0.25) is 0 Å². The van der Waals surface area contributed by atoms with E-state index in [-0.39, 0.29) is 11.4 Å². The Balaban J connectivity index is 1.59. The number of anilines is 2. The summed E-state index contributed by atoms with van der Waals surface area (Å²) < 4.78 is 35.0. The number of nitrogens with one attached hydrogen (secondary N) is 1. The number of carbonyl (C=O) groups is 1. The first kappa shape index (κ1) is 24.5. The van der Waals surface area contributed by atoms with E-state index >= 15 is 0 Å². The van der Waals surface area contributed by atoms with E-state index in [0.29, 0.717) is 22.5 Å². The summed E-state index contributed by atoms with van der Waals surface area (Å²) in [6.07, 6.45) is -1.05. The molecule has 0 spiro atoms. The Morgan fingerprint density at radius 1 is 1.18 bits per heavy atom. The van der Waals surface area contributed by atoms with E-state index in [9.17, 15) is 13.2 Å². The first-order valence-corrected chi connectivity index (χ1v) is 14.0. The maximum absolute atomic E-state index is 13.5. The Morgan fingerprint density at radius 2 is 1.88 bits per heavy atom. The summed E-state index contributed by atoms with van der Waals surface area (Å²) in [5, 5.41) is 11.2. The van der Waals surface area contributed by atoms with Crippen molar-refractivity contribution in [3.05, 3.63) is 53.6 Å². The Kier molecular flexibility index (Phi) is 7.15. The van der Waals surface area contributed by atoms with Gasteiger partial charge in [0, 0.05) is 5.75 Å². The molecule has 11 heteroatoms. The standard InChI is InChI=1S/C23H26N4O4S3/c1-14(2)13-32-23-26-25-22(33-23)24-21(28)20-12-27(18-11-16(4)7-10-19(18)31-20)34(29,30)17-8-5-15(3)6-9-17/h5-11,14,20H,12-13H2,1-4H3,(H,24,25,28)/t20-/m0/s1. The molecule has 1 amide bonds. The van der Waals surface area contributed by atoms with E-state index in [1.165, 1.54) is 15.6 Å². The number of fused-ring (bicyclic) bond motifs is 1. The lowest BCUT2D eigenvalue weighted by Gasteiger charge is -2.34. The maximum Gasteiger partial charge on any atom is 0.269 e. The number of ether oxygens (including phenoxy) is 1. The summed E-state index contributed by atoms with van der Waals surface area (Å²) in [5.41, 5.74) is 2.25. The zero-order valence-corrected chi connectivity index (χ0v) is 21.8. The number of aryl methyl sites for hydroxylation is 2. The molecule has 0 saturated carbocycles. The van der Waals surface area contributed by atoms with Gasteiger partial charge in [0.2, 0.25) is 5.13 Å². The minimum atomic E-state index is -3.92. The second-order valence-corrected chi connectivity index (χ2v) is 12.6. The van der Waals surface area contributed by atoms with Gasteiger partial charge in [0.05, 0.1) is 17.1 Å². The summed E-state index contributed by atoms with van der Waals surface area (Å²) >= 11 is 2.86. The second kappa shape index (κ2) is 9.93. The third kappa shape index (κ3) is 5.37. The van der Waals surface area contributed by atoms with Crippen molar-refractivity contribution in [2.45, 2.75) is 43.0 Å². The fraction of sp³-hybridized carbons (Fsp3) is 0.348. The summed E-state index contributed by atoms with van der Waals surface area (Å²) in [4.78, 5) is 13.2. The van der Waals surface area contributed by atoms with Crippen molar-refractivity contribution in [2.75, 3.05) is 21.9 Å². The van der Waals surface area contributed by atoms with E-state index < -0.39 is 22.0 Å². The molecule has 1 aromatic heterocycles. The lowest BCUT2D eigenvalue weighted by Crippen LogP contribution is -2.48. The Hall–Kier alpha value is -2.63. The molecular formula is C23H26N4O4S3. The molecule has 1 N–H and O–H groups in total. The highest BCUT2D eigenvalue weighted by Gasteiger charge is 2.38. The van der Waals surface area contributed by atoms with Gasteiger partial charge < -0.3 is 4.74 Å². The highest BCUT2D eigenvalue weighted by atomic mass is 32.2. The number of aromatic nitrogens is 2. The maximum atomic E-state index is 13.5. The Bertz CT molecular complexity index is 1290. The van der Waals surface area contributed by atoms with Crippen LogP contribution in [-0.4, -0.2) is 42.9 Å². The van der Waals surface area contributed by atoms with Crippen molar-refractivity contribution in [3.63, 3.8) is 0 Å². The summed E-state index contributed by atoms with van der Waals surface area (Å²) in [6.45, 7) is 7.84. The number of benzene rings is 2. The van der Waals surface area contributed by atoms with Crippen LogP contribution in [0.25, 0.3) is 0 Å². The monoisotopic (exact) mass is 518 g/mol. The molecule has 1 aliphatic heterocycles. The molecule has 0 saturated heterocycles. The average Bonchev–Trinajstić information content (AvgIpc) is 3.24. The van der Waals surface area contributed by atoms with Crippen molar-refractivity contribution >= 4 is 49.8 Å². The number of sulfonamides is 1. The van der Waals surface area contributed by atoms with Gasteiger partial charge in [-0.2, -0.15) is 0 Å². The van der Waals surface area contributed by atoms with Gasteiger partial charge in [0.15, 0.2) is 10.4 Å². The molecule has 0 radical (unpaired) electrons. The van der Waals surface area contributed by atoms with Crippen LogP contribution >= 0.6 is 23.1 Å². The lowest BCUT2D eigenvalue weighted by atomic mass is 10.1. The van der Waals surface area contributed by atoms with Gasteiger partial charge in [-0.1, -0.05) is 60.7 Å². The van der Waals surface area contributed by atoms with Crippen LogP contribution in [0.15, 0.2) is 51.7 Å². The van der Waals surface area contributed by atoms with Crippen LogP contribution in [-0.2, 0) is 14.8 Å². The molecule has 180 valence electrons. The first-order chi connectivity index (χ1) is 16.1. The quantitative estimate of drug-likeness (QED) is 0.363. The number of amides is 1. The molecule has 2 aromatic carbocycles. The number of hydrogen-bond donors (Lipinski definition) is 1. The third-order valence-corrected chi connectivity index (χ3v) is 9.25. The van der Waals surface area contributed by atoms with Crippen molar-refractivity contribution in [1.82, 2.24) is 10.2 Å². The molecule has 8 nitrogen and oxygen atoms in total. The largest absolute Gasteiger partial charge is 0.476 e. The zero-order valence-electron chi connectivity index (χ0n) is 19.3. The fourth-order valence-corrected chi connectivity index (χ4v) is 6.50. The molecule has 34 heavy (non-hydrogen) atoms. The number of hydrogen-bond acceptors (Lipinski definition) is 8. The molecule has 1 atom stereocenters. The molecule has 0 bridgehead atoms. The van der Waals surface area contributed by atoms with Crippen LogP contribution in [0.5, 0.6) is 5.75 Å². The summed E-state index contributed by atoms with van der Waals surface area (Å²) in [6, 6.07) is 11.9. The fourth-order valence-electron chi connectivity index (χ4n) is 3.31. The van der Waals surface area contributed by atoms with Crippen LogP contribution < -0.4 is 14.4 Å². The highest BCUT2D eigenvalue weighted by Crippen LogP contribution is 2.38. The molecule has 2 heterocycles. The normalized spacial score (nSPS) is 15.7. The minimum absolute atomic E-state index is 0.155. The van der Waals surface area contributed by atoms with E-state index in [1.807, 2.05) is 19.9 Å². The van der Waals surface area contributed by atoms with Crippen molar-refractivity contribution in [2.24, 2.45) is 5.92 Å². The SMILES string of the molecule is Cc1ccc(S(=O)(=O)N2C[C@@H](C(=O)Nc3nnc(SCC(C)C)s3)Oc3ccc(C)cc32)cc1. The van der Waals surface area contributed by atoms with Crippen LogP contribution in [0, 0.1) is 19.8 Å². The topological polar surface area (TPSA) is 101 Å². The van der Waals surface area contributed by atoms with Gasteiger partial charge in [0.1, 0.15) is 5.75 Å². The lowest BCUT2D eigenvalue weighted by molar-refractivity contribution is -0.122. The number of nitrogens with zero attached hydrogens (tertiary/aromatic N) is 3. The van der Waals surface area contributed by atoms with Crippen molar-refractivity contribution in [1.29, 1.82) is 0 Å². The molecule has 3 aromatic rings. The molecule has 0 aliphatic carbocycles. The average molecular weight is 519 g/mol. The smallest absolute Gasteiger partial charge is 0.269 e. The zero-order chi connectivity index (χ0) is 24.5. The van der Waals surface area contributed by atoms with Crippen LogP contribution in [0.4, 0.5) is 10.8 Å². The van der Waals surface area contributed by atoms with Gasteiger partial charge in [-0.3, -0.25) is 14.4 Å². The summed E-state index contributed by atoms with van der Waals surface area (Å²) in [7, 11) is -3.92. The minimum Gasteiger partial charge on any atom is -0.476 e. The Morgan fingerprint density at radius 3 is 2.59 bits per heavy atom. The molecule has 0 unspecified atom stereocenters. The Labute approximate surface area is 207 Å². The molecular weight excluding hydrogens is 492 g/mol. The molecule has 4 rings (SSSR count). The molecule has 0 fully saturated rings. The van der Waals surface area contributed by atoms with Gasteiger partial charge >= 0.3 is 0 Å². The van der Waals surface area contributed by atoms with Gasteiger partial charge in [0.25, 0.3) is 15.9 Å². The van der Waals surface area contributed by atoms with Gasteiger partial charge in [-0.05, 0) is 49.6 Å². The van der Waals surface area contributed by atoms with E-state index in [0.717, 1.165) is 21.2 Å². The number of thioether (sulfide) groups is 1. The number of rotatable bonds is 7. The van der Waals surface area contributed by atoms with Gasteiger partial charge in [-0.15, -0.1) is 10.2 Å². The van der Waals surface area contributed by atoms with E-state index in [2.05, 4.69) is 29.4 Å².